The fourth-order valence-electron chi connectivity index (χ4n) is 3.54. The van der Waals surface area contributed by atoms with Crippen molar-refractivity contribution in [3.8, 4) is 22.4 Å². The predicted molar refractivity (Wildman–Crippen MR) is 114 cm³/mol. The molecule has 0 aliphatic carbocycles. The van der Waals surface area contributed by atoms with Crippen molar-refractivity contribution < 1.29 is 9.13 Å². The van der Waals surface area contributed by atoms with E-state index in [1.807, 2.05) is 31.5 Å². The molecule has 2 aromatic carbocycles. The van der Waals surface area contributed by atoms with Crippen molar-refractivity contribution in [3.63, 3.8) is 0 Å². The molecule has 0 amide bonds. The summed E-state index contributed by atoms with van der Waals surface area (Å²) in [6, 6.07) is 15.4. The molecule has 5 heteroatoms. The maximum atomic E-state index is 13.7. The Balaban J connectivity index is 1.72. The molecule has 0 saturated carbocycles. The fourth-order valence-corrected chi connectivity index (χ4v) is 3.54. The summed E-state index contributed by atoms with van der Waals surface area (Å²) in [5.41, 5.74) is 6.50. The van der Waals surface area contributed by atoms with Crippen molar-refractivity contribution in [2.75, 3.05) is 13.2 Å². The fraction of sp³-hybridized carbons (Fsp3) is 0.250. The van der Waals surface area contributed by atoms with Crippen molar-refractivity contribution in [3.05, 3.63) is 72.4 Å². The summed E-state index contributed by atoms with van der Waals surface area (Å²) in [4.78, 5) is 9.11. The van der Waals surface area contributed by atoms with Crippen LogP contribution in [0.2, 0.25) is 0 Å². The lowest BCUT2D eigenvalue weighted by Crippen LogP contribution is -2.01. The van der Waals surface area contributed by atoms with Crippen LogP contribution in [0.4, 0.5) is 4.39 Å². The summed E-state index contributed by atoms with van der Waals surface area (Å²) >= 11 is 0. The molecule has 0 spiro atoms. The molecule has 0 aliphatic rings. The lowest BCUT2D eigenvalue weighted by atomic mass is 9.98. The molecule has 4 rings (SSSR count). The van der Waals surface area contributed by atoms with E-state index in [1.165, 1.54) is 6.07 Å². The van der Waals surface area contributed by atoms with Crippen LogP contribution in [0.5, 0.6) is 0 Å². The number of pyridine rings is 1. The first kappa shape index (κ1) is 19.3. The number of halogens is 1. The maximum absolute atomic E-state index is 13.7. The van der Waals surface area contributed by atoms with E-state index in [9.17, 15) is 4.39 Å². The SMILES string of the molecule is CCOCCCn1cnc2ccc(-c3cccnc3-c3ccc(F)c(C)c3)cc21. The first-order chi connectivity index (χ1) is 14.2. The molecule has 4 aromatic rings. The highest BCUT2D eigenvalue weighted by Crippen LogP contribution is 2.32. The number of benzene rings is 2. The van der Waals surface area contributed by atoms with Gasteiger partial charge in [0.25, 0.3) is 0 Å². The quantitative estimate of drug-likeness (QED) is 0.384. The number of hydrogen-bond donors (Lipinski definition) is 0. The first-order valence-electron chi connectivity index (χ1n) is 9.92. The number of aromatic nitrogens is 3. The van der Waals surface area contributed by atoms with Crippen LogP contribution >= 0.6 is 0 Å². The van der Waals surface area contributed by atoms with Gasteiger partial charge in [-0.15, -0.1) is 0 Å². The number of fused-ring (bicyclic) bond motifs is 1. The second-order valence-corrected chi connectivity index (χ2v) is 7.06. The van der Waals surface area contributed by atoms with Crippen molar-refractivity contribution in [2.24, 2.45) is 0 Å². The van der Waals surface area contributed by atoms with E-state index in [0.29, 0.717) is 5.56 Å². The van der Waals surface area contributed by atoms with Gasteiger partial charge in [-0.05, 0) is 67.8 Å². The Labute approximate surface area is 170 Å². The highest BCUT2D eigenvalue weighted by Gasteiger charge is 2.12. The third-order valence-electron chi connectivity index (χ3n) is 5.06. The van der Waals surface area contributed by atoms with Crippen molar-refractivity contribution in [1.82, 2.24) is 14.5 Å². The third-order valence-corrected chi connectivity index (χ3v) is 5.06. The van der Waals surface area contributed by atoms with Gasteiger partial charge in [0.2, 0.25) is 0 Å². The van der Waals surface area contributed by atoms with Crippen LogP contribution in [0.1, 0.15) is 18.9 Å². The minimum atomic E-state index is -0.205. The van der Waals surface area contributed by atoms with Crippen molar-refractivity contribution in [1.29, 1.82) is 0 Å². The predicted octanol–water partition coefficient (Wildman–Crippen LogP) is 5.64. The van der Waals surface area contributed by atoms with Crippen LogP contribution in [-0.2, 0) is 11.3 Å². The van der Waals surface area contributed by atoms with E-state index in [4.69, 9.17) is 4.74 Å². The summed E-state index contributed by atoms with van der Waals surface area (Å²) in [5, 5.41) is 0. The summed E-state index contributed by atoms with van der Waals surface area (Å²) in [6.45, 7) is 6.12. The average molecular weight is 389 g/mol. The van der Waals surface area contributed by atoms with Gasteiger partial charge in [-0.25, -0.2) is 9.37 Å². The van der Waals surface area contributed by atoms with E-state index in [1.54, 1.807) is 19.2 Å². The Hall–Kier alpha value is -3.05. The van der Waals surface area contributed by atoms with Crippen LogP contribution in [0, 0.1) is 12.7 Å². The Morgan fingerprint density at radius 3 is 2.72 bits per heavy atom. The largest absolute Gasteiger partial charge is 0.382 e. The number of imidazole rings is 1. The molecule has 0 fully saturated rings. The summed E-state index contributed by atoms with van der Waals surface area (Å²) in [6.07, 6.45) is 4.60. The topological polar surface area (TPSA) is 39.9 Å². The molecule has 148 valence electrons. The molecule has 0 saturated heterocycles. The molecule has 2 aromatic heterocycles. The molecule has 2 heterocycles. The smallest absolute Gasteiger partial charge is 0.126 e. The Morgan fingerprint density at radius 2 is 1.90 bits per heavy atom. The van der Waals surface area contributed by atoms with Crippen LogP contribution in [-0.4, -0.2) is 27.7 Å². The number of ether oxygens (including phenoxy) is 1. The van der Waals surface area contributed by atoms with Gasteiger partial charge in [-0.1, -0.05) is 12.1 Å². The standard InChI is InChI=1S/C24H24FN3O/c1-3-29-13-5-12-28-16-27-22-10-8-18(15-23(22)28)20-6-4-11-26-24(20)19-7-9-21(25)17(2)14-19/h4,6-11,14-16H,3,5,12-13H2,1-2H3. The first-order valence-corrected chi connectivity index (χ1v) is 9.92. The number of hydrogen-bond acceptors (Lipinski definition) is 3. The summed E-state index contributed by atoms with van der Waals surface area (Å²) < 4.78 is 21.3. The molecule has 0 atom stereocenters. The van der Waals surface area contributed by atoms with Crippen LogP contribution in [0.3, 0.4) is 0 Å². The highest BCUT2D eigenvalue weighted by atomic mass is 19.1. The minimum Gasteiger partial charge on any atom is -0.382 e. The Kier molecular flexibility index (Phi) is 5.67. The van der Waals surface area contributed by atoms with Crippen molar-refractivity contribution in [2.45, 2.75) is 26.8 Å². The molecule has 0 unspecified atom stereocenters. The lowest BCUT2D eigenvalue weighted by Gasteiger charge is -2.11. The Bertz CT molecular complexity index is 1140. The van der Waals surface area contributed by atoms with Crippen LogP contribution < -0.4 is 0 Å². The average Bonchev–Trinajstić information content (AvgIpc) is 3.15. The summed E-state index contributed by atoms with van der Waals surface area (Å²) in [7, 11) is 0. The van der Waals surface area contributed by atoms with Gasteiger partial charge in [0.1, 0.15) is 5.82 Å². The number of rotatable bonds is 7. The third kappa shape index (κ3) is 4.05. The zero-order chi connectivity index (χ0) is 20.2. The number of nitrogens with zero attached hydrogens (tertiary/aromatic N) is 3. The van der Waals surface area contributed by atoms with Crippen LogP contribution in [0.25, 0.3) is 33.4 Å². The molecule has 0 aliphatic heterocycles. The molecule has 29 heavy (non-hydrogen) atoms. The van der Waals surface area contributed by atoms with Gasteiger partial charge in [-0.3, -0.25) is 4.98 Å². The Morgan fingerprint density at radius 1 is 1.03 bits per heavy atom. The van der Waals surface area contributed by atoms with E-state index in [2.05, 4.69) is 32.7 Å². The van der Waals surface area contributed by atoms with Gasteiger partial charge in [0.15, 0.2) is 0 Å². The summed E-state index contributed by atoms with van der Waals surface area (Å²) in [5.74, 6) is -0.205. The second-order valence-electron chi connectivity index (χ2n) is 7.06. The monoisotopic (exact) mass is 389 g/mol. The minimum absolute atomic E-state index is 0.205. The van der Waals surface area contributed by atoms with E-state index in [0.717, 1.165) is 59.6 Å². The zero-order valence-electron chi connectivity index (χ0n) is 16.7. The molecule has 0 bridgehead atoms. The van der Waals surface area contributed by atoms with Gasteiger partial charge >= 0.3 is 0 Å². The molecular weight excluding hydrogens is 365 g/mol. The van der Waals surface area contributed by atoms with E-state index in [-0.39, 0.29) is 5.82 Å². The van der Waals surface area contributed by atoms with E-state index >= 15 is 0 Å². The second kappa shape index (κ2) is 8.53. The lowest BCUT2D eigenvalue weighted by molar-refractivity contribution is 0.142. The van der Waals surface area contributed by atoms with E-state index < -0.39 is 0 Å². The normalized spacial score (nSPS) is 11.3. The van der Waals surface area contributed by atoms with Gasteiger partial charge in [-0.2, -0.15) is 0 Å². The zero-order valence-corrected chi connectivity index (χ0v) is 16.7. The van der Waals surface area contributed by atoms with Gasteiger partial charge in [0.05, 0.1) is 23.1 Å². The molecule has 0 N–H and O–H groups in total. The van der Waals surface area contributed by atoms with Crippen molar-refractivity contribution >= 4 is 11.0 Å². The number of aryl methyl sites for hydroxylation is 2. The molecule has 4 nitrogen and oxygen atoms in total. The van der Waals surface area contributed by atoms with Gasteiger partial charge in [0, 0.05) is 37.1 Å². The van der Waals surface area contributed by atoms with Gasteiger partial charge < -0.3 is 9.30 Å². The highest BCUT2D eigenvalue weighted by molar-refractivity contribution is 5.87. The maximum Gasteiger partial charge on any atom is 0.126 e. The van der Waals surface area contributed by atoms with Crippen LogP contribution in [0.15, 0.2) is 61.1 Å². The molecular formula is C24H24FN3O. The molecule has 0 radical (unpaired) electrons.